The van der Waals surface area contributed by atoms with E-state index in [9.17, 15) is 4.79 Å². The summed E-state index contributed by atoms with van der Waals surface area (Å²) < 4.78 is 4.99. The number of thioether (sulfide) groups is 1. The highest BCUT2D eigenvalue weighted by molar-refractivity contribution is 7.99. The van der Waals surface area contributed by atoms with Crippen molar-refractivity contribution in [1.29, 1.82) is 5.26 Å². The molecule has 96 valence electrons. The van der Waals surface area contributed by atoms with Gasteiger partial charge in [0, 0.05) is 38.2 Å². The van der Waals surface area contributed by atoms with Crippen molar-refractivity contribution in [3.05, 3.63) is 0 Å². The van der Waals surface area contributed by atoms with Crippen molar-refractivity contribution in [3.63, 3.8) is 0 Å². The Morgan fingerprint density at radius 1 is 1.65 bits per heavy atom. The second kappa shape index (κ2) is 8.34. The molecule has 1 rings (SSSR count). The van der Waals surface area contributed by atoms with E-state index in [-0.39, 0.29) is 11.9 Å². The Morgan fingerprint density at radius 3 is 3.06 bits per heavy atom. The molecule has 0 radical (unpaired) electrons. The molecule has 0 saturated carbocycles. The number of rotatable bonds is 6. The number of hydrogen-bond acceptors (Lipinski definition) is 5. The molecule has 0 aromatic carbocycles. The van der Waals surface area contributed by atoms with Gasteiger partial charge >= 0.3 is 0 Å². The molecule has 0 spiro atoms. The van der Waals surface area contributed by atoms with Gasteiger partial charge in [-0.3, -0.25) is 4.79 Å². The van der Waals surface area contributed by atoms with Crippen LogP contribution in [0.15, 0.2) is 0 Å². The van der Waals surface area contributed by atoms with E-state index < -0.39 is 0 Å². The van der Waals surface area contributed by atoms with Crippen LogP contribution in [0, 0.1) is 11.3 Å². The van der Waals surface area contributed by atoms with Gasteiger partial charge in [-0.05, 0) is 0 Å². The maximum Gasteiger partial charge on any atom is 0.240 e. The molecule has 6 heteroatoms. The molecule has 17 heavy (non-hydrogen) atoms. The number of hydrogen-bond donors (Lipinski definition) is 1. The van der Waals surface area contributed by atoms with Crippen molar-refractivity contribution in [2.45, 2.75) is 12.5 Å². The highest BCUT2D eigenvalue weighted by Gasteiger charge is 2.25. The molecule has 5 nitrogen and oxygen atoms in total. The minimum absolute atomic E-state index is 0.0875. The van der Waals surface area contributed by atoms with Gasteiger partial charge in [-0.1, -0.05) is 0 Å². The summed E-state index contributed by atoms with van der Waals surface area (Å²) in [5.41, 5.74) is 0. The number of methoxy groups -OCH3 is 1. The topological polar surface area (TPSA) is 65.4 Å². The Kier molecular flexibility index (Phi) is 7.01. The lowest BCUT2D eigenvalue weighted by atomic mass is 10.2. The molecule has 0 bridgehead atoms. The first kappa shape index (κ1) is 14.3. The number of carbonyl (C=O) groups excluding carboxylic acids is 1. The van der Waals surface area contributed by atoms with Crippen molar-refractivity contribution in [2.75, 3.05) is 44.9 Å². The molecule has 1 fully saturated rings. The second-order valence-electron chi connectivity index (χ2n) is 3.81. The summed E-state index contributed by atoms with van der Waals surface area (Å²) in [6.45, 7) is 2.43. The van der Waals surface area contributed by atoms with Crippen LogP contribution in [-0.4, -0.2) is 61.7 Å². The van der Waals surface area contributed by atoms with E-state index in [0.717, 1.165) is 18.1 Å². The lowest BCUT2D eigenvalue weighted by molar-refractivity contribution is -0.133. The summed E-state index contributed by atoms with van der Waals surface area (Å²) in [4.78, 5) is 13.9. The van der Waals surface area contributed by atoms with Gasteiger partial charge in [-0.15, -0.1) is 0 Å². The predicted molar refractivity (Wildman–Crippen MR) is 67.8 cm³/mol. The van der Waals surface area contributed by atoms with E-state index in [1.165, 1.54) is 0 Å². The van der Waals surface area contributed by atoms with E-state index in [4.69, 9.17) is 10.00 Å². The zero-order valence-electron chi connectivity index (χ0n) is 10.1. The third kappa shape index (κ3) is 4.94. The lowest BCUT2D eigenvalue weighted by Crippen LogP contribution is -2.51. The van der Waals surface area contributed by atoms with Crippen LogP contribution < -0.4 is 5.32 Å². The fourth-order valence-electron chi connectivity index (χ4n) is 1.66. The van der Waals surface area contributed by atoms with Crippen molar-refractivity contribution < 1.29 is 9.53 Å². The third-order valence-electron chi connectivity index (χ3n) is 2.59. The normalized spacial score (nSPS) is 19.6. The van der Waals surface area contributed by atoms with E-state index in [1.54, 1.807) is 23.8 Å². The van der Waals surface area contributed by atoms with Crippen LogP contribution in [-0.2, 0) is 9.53 Å². The summed E-state index contributed by atoms with van der Waals surface area (Å²) >= 11 is 1.79. The average Bonchev–Trinajstić information content (AvgIpc) is 2.39. The Hall–Kier alpha value is -0.770. The van der Waals surface area contributed by atoms with Gasteiger partial charge in [0.2, 0.25) is 5.91 Å². The minimum atomic E-state index is -0.107. The molecule has 1 heterocycles. The summed E-state index contributed by atoms with van der Waals surface area (Å²) in [7, 11) is 1.61. The van der Waals surface area contributed by atoms with Crippen LogP contribution in [0.1, 0.15) is 6.42 Å². The molecule has 1 N–H and O–H groups in total. The van der Waals surface area contributed by atoms with Crippen molar-refractivity contribution >= 4 is 17.7 Å². The molecular weight excluding hydrogens is 238 g/mol. The summed E-state index contributed by atoms with van der Waals surface area (Å²) in [6.07, 6.45) is 0.370. The predicted octanol–water partition coefficient (Wildman–Crippen LogP) is 0.0801. The Labute approximate surface area is 106 Å². The molecule has 1 aliphatic rings. The van der Waals surface area contributed by atoms with E-state index >= 15 is 0 Å². The fraction of sp³-hybridized carbons (Fsp3) is 0.818. The smallest absolute Gasteiger partial charge is 0.240 e. The van der Waals surface area contributed by atoms with Gasteiger partial charge in [0.15, 0.2) is 0 Å². The molecule has 1 aliphatic heterocycles. The highest BCUT2D eigenvalue weighted by atomic mass is 32.2. The van der Waals surface area contributed by atoms with Crippen LogP contribution >= 0.6 is 11.8 Å². The van der Waals surface area contributed by atoms with E-state index in [0.29, 0.717) is 26.1 Å². The zero-order chi connectivity index (χ0) is 12.5. The van der Waals surface area contributed by atoms with Gasteiger partial charge in [0.1, 0.15) is 0 Å². The molecule has 0 aliphatic carbocycles. The molecule has 1 atom stereocenters. The number of carbonyl (C=O) groups is 1. The van der Waals surface area contributed by atoms with E-state index in [2.05, 4.69) is 11.4 Å². The molecule has 0 aromatic heterocycles. The van der Waals surface area contributed by atoms with Crippen LogP contribution in [0.4, 0.5) is 0 Å². The maximum absolute atomic E-state index is 12.2. The monoisotopic (exact) mass is 257 g/mol. The van der Waals surface area contributed by atoms with Crippen molar-refractivity contribution in [1.82, 2.24) is 10.2 Å². The number of nitrogens with zero attached hydrogens (tertiary/aromatic N) is 2. The summed E-state index contributed by atoms with van der Waals surface area (Å²) in [6, 6.07) is 1.96. The molecular formula is C11H19N3O2S. The summed E-state index contributed by atoms with van der Waals surface area (Å²) in [5.74, 6) is 1.96. The van der Waals surface area contributed by atoms with E-state index in [1.807, 2.05) is 0 Å². The van der Waals surface area contributed by atoms with Gasteiger partial charge < -0.3 is 15.0 Å². The Morgan fingerprint density at radius 2 is 2.47 bits per heavy atom. The first-order chi connectivity index (χ1) is 8.29. The maximum atomic E-state index is 12.2. The molecule has 1 unspecified atom stereocenters. The van der Waals surface area contributed by atoms with Crippen LogP contribution in [0.3, 0.4) is 0 Å². The van der Waals surface area contributed by atoms with Crippen LogP contribution in [0.25, 0.3) is 0 Å². The van der Waals surface area contributed by atoms with Crippen LogP contribution in [0.2, 0.25) is 0 Å². The minimum Gasteiger partial charge on any atom is -0.383 e. The number of nitrogens with one attached hydrogen (secondary N) is 1. The van der Waals surface area contributed by atoms with Crippen molar-refractivity contribution in [3.8, 4) is 6.07 Å². The average molecular weight is 257 g/mol. The second-order valence-corrected chi connectivity index (χ2v) is 4.96. The quantitative estimate of drug-likeness (QED) is 0.730. The number of ether oxygens (including phenoxy) is 1. The SMILES string of the molecule is COCCN(CCC#N)C(=O)C1CSCCN1. The first-order valence-corrected chi connectivity index (χ1v) is 6.91. The Balaban J connectivity index is 2.47. The van der Waals surface area contributed by atoms with Gasteiger partial charge in [-0.2, -0.15) is 17.0 Å². The van der Waals surface area contributed by atoms with Gasteiger partial charge in [-0.25, -0.2) is 0 Å². The lowest BCUT2D eigenvalue weighted by Gasteiger charge is -2.29. The van der Waals surface area contributed by atoms with Crippen LogP contribution in [0.5, 0.6) is 0 Å². The molecule has 1 amide bonds. The van der Waals surface area contributed by atoms with Crippen molar-refractivity contribution in [2.24, 2.45) is 0 Å². The third-order valence-corrected chi connectivity index (χ3v) is 3.65. The zero-order valence-corrected chi connectivity index (χ0v) is 11.0. The number of amides is 1. The number of nitriles is 1. The van der Waals surface area contributed by atoms with Gasteiger partial charge in [0.25, 0.3) is 0 Å². The standard InChI is InChI=1S/C11H19N3O2S/c1-16-7-6-14(5-2-3-12)11(15)10-9-17-8-4-13-10/h10,13H,2,4-9H2,1H3. The summed E-state index contributed by atoms with van der Waals surface area (Å²) in [5, 5.41) is 11.8. The first-order valence-electron chi connectivity index (χ1n) is 5.75. The van der Waals surface area contributed by atoms with Gasteiger partial charge in [0.05, 0.1) is 25.1 Å². The molecule has 1 saturated heterocycles. The fourth-order valence-corrected chi connectivity index (χ4v) is 2.59. The molecule has 0 aromatic rings. The highest BCUT2D eigenvalue weighted by Crippen LogP contribution is 2.10. The Bertz CT molecular complexity index is 274. The largest absolute Gasteiger partial charge is 0.383 e.